The molecule has 1 saturated heterocycles. The van der Waals surface area contributed by atoms with Gasteiger partial charge in [-0.2, -0.15) is 0 Å². The molecular weight excluding hydrogens is 262 g/mol. The summed E-state index contributed by atoms with van der Waals surface area (Å²) < 4.78 is 5.72. The van der Waals surface area contributed by atoms with Crippen molar-refractivity contribution in [2.45, 2.75) is 26.0 Å². The number of morpholine rings is 1. The highest BCUT2D eigenvalue weighted by Crippen LogP contribution is 2.23. The van der Waals surface area contributed by atoms with Gasteiger partial charge >= 0.3 is 0 Å². The average Bonchev–Trinajstić information content (AvgIpc) is 2.74. The van der Waals surface area contributed by atoms with Crippen molar-refractivity contribution in [1.29, 1.82) is 0 Å². The topological polar surface area (TPSA) is 45.7 Å². The largest absolute Gasteiger partial charge is 0.363 e. The first-order chi connectivity index (χ1) is 8.92. The molecule has 1 aliphatic rings. The number of likely N-dealkylation sites (N-methyl/N-ethyl adjacent to an activating group) is 1. The lowest BCUT2D eigenvalue weighted by molar-refractivity contribution is -0.165. The Hall–Kier alpha value is -0.980. The monoisotopic (exact) mass is 283 g/mol. The Labute approximate surface area is 118 Å². The fourth-order valence-electron chi connectivity index (χ4n) is 2.37. The Kier molecular flexibility index (Phi) is 4.23. The third-order valence-electron chi connectivity index (χ3n) is 3.42. The zero-order chi connectivity index (χ0) is 14.0. The fraction of sp³-hybridized carbons (Fsp3) is 0.692. The van der Waals surface area contributed by atoms with Gasteiger partial charge < -0.3 is 9.64 Å². The Bertz CT molecular complexity index is 460. The fourth-order valence-corrected chi connectivity index (χ4v) is 3.19. The zero-order valence-electron chi connectivity index (χ0n) is 12.0. The SMILES string of the molecule is Cc1ncsc1CN1CCO[C@@](C)(C(=O)N(C)C)C1. The summed E-state index contributed by atoms with van der Waals surface area (Å²) >= 11 is 1.67. The van der Waals surface area contributed by atoms with E-state index in [1.165, 1.54) is 4.88 Å². The van der Waals surface area contributed by atoms with Crippen LogP contribution in [0.4, 0.5) is 0 Å². The number of aromatic nitrogens is 1. The van der Waals surface area contributed by atoms with Gasteiger partial charge in [-0.15, -0.1) is 11.3 Å². The van der Waals surface area contributed by atoms with Gasteiger partial charge in [0.05, 0.1) is 17.8 Å². The van der Waals surface area contributed by atoms with Gasteiger partial charge in [0.1, 0.15) is 0 Å². The zero-order valence-corrected chi connectivity index (χ0v) is 12.8. The minimum absolute atomic E-state index is 0.0261. The summed E-state index contributed by atoms with van der Waals surface area (Å²) in [6.07, 6.45) is 0. The van der Waals surface area contributed by atoms with E-state index in [9.17, 15) is 4.79 Å². The van der Waals surface area contributed by atoms with Gasteiger partial charge in [0, 0.05) is 38.6 Å². The highest BCUT2D eigenvalue weighted by Gasteiger charge is 2.40. The molecule has 0 saturated carbocycles. The lowest BCUT2D eigenvalue weighted by atomic mass is 10.0. The highest BCUT2D eigenvalue weighted by atomic mass is 32.1. The van der Waals surface area contributed by atoms with Crippen molar-refractivity contribution in [1.82, 2.24) is 14.8 Å². The maximum absolute atomic E-state index is 12.2. The van der Waals surface area contributed by atoms with Crippen molar-refractivity contribution in [3.63, 3.8) is 0 Å². The van der Waals surface area contributed by atoms with E-state index < -0.39 is 5.60 Å². The van der Waals surface area contributed by atoms with Crippen LogP contribution >= 0.6 is 11.3 Å². The lowest BCUT2D eigenvalue weighted by Gasteiger charge is -2.40. The van der Waals surface area contributed by atoms with Crippen LogP contribution in [-0.2, 0) is 16.1 Å². The number of hydrogen-bond acceptors (Lipinski definition) is 5. The number of nitrogens with zero attached hydrogens (tertiary/aromatic N) is 3. The minimum atomic E-state index is -0.736. The molecule has 0 radical (unpaired) electrons. The predicted molar refractivity (Wildman–Crippen MR) is 75.2 cm³/mol. The summed E-state index contributed by atoms with van der Waals surface area (Å²) in [6, 6.07) is 0. The molecule has 1 aliphatic heterocycles. The van der Waals surface area contributed by atoms with Crippen LogP contribution < -0.4 is 0 Å². The number of aryl methyl sites for hydroxylation is 1. The molecule has 1 fully saturated rings. The number of thiazole rings is 1. The molecule has 106 valence electrons. The predicted octanol–water partition coefficient (Wildman–Crippen LogP) is 1.13. The average molecular weight is 283 g/mol. The quantitative estimate of drug-likeness (QED) is 0.834. The Morgan fingerprint density at radius 1 is 1.63 bits per heavy atom. The molecule has 2 rings (SSSR count). The van der Waals surface area contributed by atoms with Gasteiger partial charge in [-0.1, -0.05) is 0 Å². The molecule has 6 heteroatoms. The van der Waals surface area contributed by atoms with Gasteiger partial charge in [-0.3, -0.25) is 9.69 Å². The van der Waals surface area contributed by atoms with Gasteiger partial charge in [0.2, 0.25) is 0 Å². The van der Waals surface area contributed by atoms with Crippen LogP contribution in [0.2, 0.25) is 0 Å². The number of carbonyl (C=O) groups excluding carboxylic acids is 1. The summed E-state index contributed by atoms with van der Waals surface area (Å²) in [6.45, 7) is 6.82. The number of hydrogen-bond donors (Lipinski definition) is 0. The van der Waals surface area contributed by atoms with Crippen LogP contribution in [0.1, 0.15) is 17.5 Å². The normalized spacial score (nSPS) is 24.4. The molecular formula is C13H21N3O2S. The van der Waals surface area contributed by atoms with Crippen molar-refractivity contribution < 1.29 is 9.53 Å². The second-order valence-corrected chi connectivity index (χ2v) is 6.29. The molecule has 0 N–H and O–H groups in total. The molecule has 1 aromatic rings. The maximum atomic E-state index is 12.2. The summed E-state index contributed by atoms with van der Waals surface area (Å²) in [7, 11) is 3.53. The summed E-state index contributed by atoms with van der Waals surface area (Å²) in [4.78, 5) is 21.6. The molecule has 2 heterocycles. The first-order valence-corrected chi connectivity index (χ1v) is 7.27. The molecule has 5 nitrogen and oxygen atoms in total. The van der Waals surface area contributed by atoms with Crippen LogP contribution in [0.25, 0.3) is 0 Å². The summed E-state index contributed by atoms with van der Waals surface area (Å²) in [5.74, 6) is 0.0261. The number of ether oxygens (including phenoxy) is 1. The van der Waals surface area contributed by atoms with Crippen molar-refractivity contribution in [3.8, 4) is 0 Å². The van der Waals surface area contributed by atoms with Crippen LogP contribution in [-0.4, -0.2) is 60.1 Å². The molecule has 1 amide bonds. The third-order valence-corrected chi connectivity index (χ3v) is 4.34. The van der Waals surface area contributed by atoms with E-state index in [4.69, 9.17) is 4.74 Å². The third kappa shape index (κ3) is 3.13. The Balaban J connectivity index is 2.05. The highest BCUT2D eigenvalue weighted by molar-refractivity contribution is 7.09. The van der Waals surface area contributed by atoms with E-state index in [-0.39, 0.29) is 5.91 Å². The first-order valence-electron chi connectivity index (χ1n) is 6.39. The van der Waals surface area contributed by atoms with Gasteiger partial charge in [-0.25, -0.2) is 4.98 Å². The minimum Gasteiger partial charge on any atom is -0.363 e. The van der Waals surface area contributed by atoms with Crippen molar-refractivity contribution >= 4 is 17.2 Å². The molecule has 1 atom stereocenters. The van der Waals surface area contributed by atoms with E-state index in [0.29, 0.717) is 13.2 Å². The number of amides is 1. The number of carbonyl (C=O) groups is 1. The lowest BCUT2D eigenvalue weighted by Crippen LogP contribution is -2.57. The second-order valence-electron chi connectivity index (χ2n) is 5.35. The van der Waals surface area contributed by atoms with E-state index in [1.54, 1.807) is 30.3 Å². The van der Waals surface area contributed by atoms with Gasteiger partial charge in [-0.05, 0) is 13.8 Å². The van der Waals surface area contributed by atoms with Crippen LogP contribution in [0.15, 0.2) is 5.51 Å². The van der Waals surface area contributed by atoms with Crippen LogP contribution in [0.3, 0.4) is 0 Å². The maximum Gasteiger partial charge on any atom is 0.255 e. The Morgan fingerprint density at radius 2 is 2.37 bits per heavy atom. The van der Waals surface area contributed by atoms with Crippen LogP contribution in [0, 0.1) is 6.92 Å². The first kappa shape index (κ1) is 14.4. The molecule has 0 spiro atoms. The summed E-state index contributed by atoms with van der Waals surface area (Å²) in [5, 5.41) is 0. The van der Waals surface area contributed by atoms with E-state index in [1.807, 2.05) is 19.4 Å². The molecule has 1 aromatic heterocycles. The van der Waals surface area contributed by atoms with Crippen LogP contribution in [0.5, 0.6) is 0 Å². The molecule has 0 aromatic carbocycles. The van der Waals surface area contributed by atoms with E-state index in [0.717, 1.165) is 18.8 Å². The Morgan fingerprint density at radius 3 is 2.95 bits per heavy atom. The van der Waals surface area contributed by atoms with Crippen molar-refractivity contribution in [3.05, 3.63) is 16.1 Å². The molecule has 0 bridgehead atoms. The van der Waals surface area contributed by atoms with Gasteiger partial charge in [0.15, 0.2) is 5.60 Å². The van der Waals surface area contributed by atoms with E-state index in [2.05, 4.69) is 9.88 Å². The van der Waals surface area contributed by atoms with Gasteiger partial charge in [0.25, 0.3) is 5.91 Å². The summed E-state index contributed by atoms with van der Waals surface area (Å²) in [5.41, 5.74) is 2.22. The molecule has 0 aliphatic carbocycles. The smallest absolute Gasteiger partial charge is 0.255 e. The molecule has 19 heavy (non-hydrogen) atoms. The second kappa shape index (κ2) is 5.56. The van der Waals surface area contributed by atoms with E-state index >= 15 is 0 Å². The van der Waals surface area contributed by atoms with Crippen molar-refractivity contribution in [2.24, 2.45) is 0 Å². The number of rotatable bonds is 3. The molecule has 0 unspecified atom stereocenters. The standard InChI is InChI=1S/C13H21N3O2S/c1-10-11(19-9-14-10)7-16-5-6-18-13(2,8-16)12(17)15(3)4/h9H,5-8H2,1-4H3/t13-/m1/s1. The van der Waals surface area contributed by atoms with Crippen molar-refractivity contribution in [2.75, 3.05) is 33.8 Å².